The molecule has 1 saturated heterocycles. The summed E-state index contributed by atoms with van der Waals surface area (Å²) in [6.45, 7) is 3.72. The standard InChI is InChI=1S/C61H107NO8/c1-3-5-7-9-11-13-15-17-19-21-22-23-24-25-26-27-28-29-30-31-32-33-34-35-37-39-41-43-45-47-49-51-57(65)62-54(53-69-61-60(68)59(67)58(66)56(52-63)70-61)55(64)50-48-46-44-42-40-38-36-20-18-16-14-12-10-8-6-4-2/h5,7,11,13,17,19,22-23,25-26,28-29,31-32,54-56,58-61,63-64,66-68H,3-4,6,8-10,12,14-16,18,20-21,24,27,30,33-53H2,1-2H3,(H,62,65)/b7-5-,13-11-,19-17-,23-22-,26-25-,29-28-,32-31-. The molecule has 0 radical (unpaired) electrons. The van der Waals surface area contributed by atoms with Crippen LogP contribution in [-0.4, -0.2) is 87.5 Å². The van der Waals surface area contributed by atoms with Crippen LogP contribution < -0.4 is 5.32 Å². The van der Waals surface area contributed by atoms with Gasteiger partial charge < -0.3 is 40.3 Å². The molecule has 9 nitrogen and oxygen atoms in total. The van der Waals surface area contributed by atoms with Gasteiger partial charge >= 0.3 is 0 Å². The molecule has 404 valence electrons. The number of hydrogen-bond acceptors (Lipinski definition) is 8. The monoisotopic (exact) mass is 982 g/mol. The number of unbranched alkanes of at least 4 members (excludes halogenated alkanes) is 24. The Morgan fingerprint density at radius 3 is 1.31 bits per heavy atom. The molecule has 0 aliphatic carbocycles. The Bertz CT molecular complexity index is 1370. The minimum absolute atomic E-state index is 0.144. The first-order chi connectivity index (χ1) is 34.3. The number of carbonyl (C=O) groups excluding carboxylic acids is 1. The maximum atomic E-state index is 13.1. The van der Waals surface area contributed by atoms with Crippen molar-refractivity contribution in [2.24, 2.45) is 0 Å². The van der Waals surface area contributed by atoms with E-state index in [0.29, 0.717) is 12.8 Å². The van der Waals surface area contributed by atoms with Gasteiger partial charge in [0, 0.05) is 6.42 Å². The number of amides is 1. The molecule has 70 heavy (non-hydrogen) atoms. The lowest BCUT2D eigenvalue weighted by atomic mass is 9.99. The Morgan fingerprint density at radius 1 is 0.500 bits per heavy atom. The average Bonchev–Trinajstić information content (AvgIpc) is 3.36. The van der Waals surface area contributed by atoms with Crippen LogP contribution in [0.15, 0.2) is 85.1 Å². The van der Waals surface area contributed by atoms with Crippen LogP contribution in [0.1, 0.15) is 239 Å². The van der Waals surface area contributed by atoms with Gasteiger partial charge in [-0.2, -0.15) is 0 Å². The molecule has 7 unspecified atom stereocenters. The molecule has 0 aromatic rings. The third kappa shape index (κ3) is 39.0. The molecule has 1 aliphatic heterocycles. The van der Waals surface area contributed by atoms with Crippen LogP contribution in [0, 0.1) is 0 Å². The highest BCUT2D eigenvalue weighted by Gasteiger charge is 2.44. The molecule has 6 N–H and O–H groups in total. The quantitative estimate of drug-likeness (QED) is 0.0261. The molecule has 1 rings (SSSR count). The van der Waals surface area contributed by atoms with E-state index in [1.807, 2.05) is 0 Å². The first-order valence-corrected chi connectivity index (χ1v) is 28.8. The Balaban J connectivity index is 2.20. The summed E-state index contributed by atoms with van der Waals surface area (Å²) in [6.07, 6.45) is 63.1. The van der Waals surface area contributed by atoms with Gasteiger partial charge in [-0.3, -0.25) is 4.79 Å². The van der Waals surface area contributed by atoms with E-state index in [2.05, 4.69) is 104 Å². The predicted molar refractivity (Wildman–Crippen MR) is 295 cm³/mol. The Hall–Kier alpha value is -2.63. The fraction of sp³-hybridized carbons (Fsp3) is 0.754. The molecular weight excluding hydrogens is 875 g/mol. The highest BCUT2D eigenvalue weighted by atomic mass is 16.7. The number of allylic oxidation sites excluding steroid dienone is 14. The van der Waals surface area contributed by atoms with E-state index >= 15 is 0 Å². The molecule has 0 aromatic heterocycles. The molecule has 1 fully saturated rings. The fourth-order valence-corrected chi connectivity index (χ4v) is 8.73. The van der Waals surface area contributed by atoms with Crippen molar-refractivity contribution in [1.82, 2.24) is 5.32 Å². The third-order valence-corrected chi connectivity index (χ3v) is 13.3. The van der Waals surface area contributed by atoms with Crippen LogP contribution in [0.25, 0.3) is 0 Å². The summed E-state index contributed by atoms with van der Waals surface area (Å²) < 4.78 is 11.3. The summed E-state index contributed by atoms with van der Waals surface area (Å²) in [5.41, 5.74) is 0. The van der Waals surface area contributed by atoms with Crippen molar-refractivity contribution in [1.29, 1.82) is 0 Å². The number of aliphatic hydroxyl groups is 5. The number of carbonyl (C=O) groups is 1. The van der Waals surface area contributed by atoms with Crippen LogP contribution >= 0.6 is 0 Å². The van der Waals surface area contributed by atoms with E-state index in [0.717, 1.165) is 89.9 Å². The fourth-order valence-electron chi connectivity index (χ4n) is 8.73. The summed E-state index contributed by atoms with van der Waals surface area (Å²) in [7, 11) is 0. The molecule has 1 heterocycles. The normalized spacial score (nSPS) is 20.0. The van der Waals surface area contributed by atoms with Gasteiger partial charge in [-0.25, -0.2) is 0 Å². The maximum Gasteiger partial charge on any atom is 0.220 e. The van der Waals surface area contributed by atoms with Gasteiger partial charge in [-0.1, -0.05) is 247 Å². The van der Waals surface area contributed by atoms with E-state index < -0.39 is 49.5 Å². The second-order valence-electron chi connectivity index (χ2n) is 19.7. The molecule has 0 bridgehead atoms. The van der Waals surface area contributed by atoms with Crippen molar-refractivity contribution < 1.29 is 39.8 Å². The van der Waals surface area contributed by atoms with Crippen molar-refractivity contribution in [3.63, 3.8) is 0 Å². The number of nitrogens with one attached hydrogen (secondary N) is 1. The highest BCUT2D eigenvalue weighted by molar-refractivity contribution is 5.76. The maximum absolute atomic E-state index is 13.1. The number of ether oxygens (including phenoxy) is 2. The number of hydrogen-bond donors (Lipinski definition) is 6. The molecular formula is C61H107NO8. The van der Waals surface area contributed by atoms with Crippen LogP contribution in [0.2, 0.25) is 0 Å². The summed E-state index contributed by atoms with van der Waals surface area (Å²) in [5, 5.41) is 54.6. The third-order valence-electron chi connectivity index (χ3n) is 13.3. The van der Waals surface area contributed by atoms with Gasteiger partial charge in [-0.05, 0) is 70.6 Å². The zero-order valence-electron chi connectivity index (χ0n) is 44.7. The second-order valence-corrected chi connectivity index (χ2v) is 19.7. The summed E-state index contributed by atoms with van der Waals surface area (Å²) >= 11 is 0. The zero-order valence-corrected chi connectivity index (χ0v) is 44.7. The highest BCUT2D eigenvalue weighted by Crippen LogP contribution is 2.23. The minimum atomic E-state index is -1.56. The summed E-state index contributed by atoms with van der Waals surface area (Å²) in [5.74, 6) is -0.153. The van der Waals surface area contributed by atoms with Gasteiger partial charge in [0.25, 0.3) is 0 Å². The molecule has 1 aliphatic rings. The molecule has 1 amide bonds. The van der Waals surface area contributed by atoms with Gasteiger partial charge in [0.2, 0.25) is 5.91 Å². The van der Waals surface area contributed by atoms with Crippen LogP contribution in [-0.2, 0) is 14.3 Å². The first kappa shape index (κ1) is 65.4. The summed E-state index contributed by atoms with van der Waals surface area (Å²) in [4.78, 5) is 13.1. The smallest absolute Gasteiger partial charge is 0.220 e. The SMILES string of the molecule is CC/C=C\C/C=C\C/C=C\C/C=C\C/C=C\C/C=C\C/C=C\CCCCCCCCCCCC(=O)NC(COC1OC(CO)C(O)C(O)C1O)C(O)CCCCCCCCCCCCCCCCCC. The Morgan fingerprint density at radius 2 is 0.886 bits per heavy atom. The second kappa shape index (κ2) is 49.9. The van der Waals surface area contributed by atoms with Crippen molar-refractivity contribution in [2.45, 2.75) is 281 Å². The summed E-state index contributed by atoms with van der Waals surface area (Å²) in [6, 6.07) is -0.728. The molecule has 9 heteroatoms. The molecule has 0 saturated carbocycles. The van der Waals surface area contributed by atoms with Crippen molar-refractivity contribution in [3.8, 4) is 0 Å². The first-order valence-electron chi connectivity index (χ1n) is 28.8. The van der Waals surface area contributed by atoms with E-state index in [1.54, 1.807) is 0 Å². The zero-order chi connectivity index (χ0) is 50.8. The van der Waals surface area contributed by atoms with Crippen molar-refractivity contribution in [2.75, 3.05) is 13.2 Å². The van der Waals surface area contributed by atoms with E-state index in [1.165, 1.54) is 122 Å². The van der Waals surface area contributed by atoms with Crippen molar-refractivity contribution in [3.05, 3.63) is 85.1 Å². The Labute approximate surface area is 429 Å². The minimum Gasteiger partial charge on any atom is -0.394 e. The van der Waals surface area contributed by atoms with E-state index in [-0.39, 0.29) is 12.5 Å². The van der Waals surface area contributed by atoms with Crippen LogP contribution in [0.4, 0.5) is 0 Å². The molecule has 7 atom stereocenters. The number of rotatable bonds is 48. The van der Waals surface area contributed by atoms with Crippen molar-refractivity contribution >= 4 is 5.91 Å². The average molecular weight is 983 g/mol. The van der Waals surface area contributed by atoms with E-state index in [9.17, 15) is 30.3 Å². The lowest BCUT2D eigenvalue weighted by molar-refractivity contribution is -0.302. The van der Waals surface area contributed by atoms with Gasteiger partial charge in [0.1, 0.15) is 24.4 Å². The predicted octanol–water partition coefficient (Wildman–Crippen LogP) is 14.2. The number of aliphatic hydroxyl groups excluding tert-OH is 5. The van der Waals surface area contributed by atoms with Gasteiger partial charge in [0.15, 0.2) is 6.29 Å². The molecule has 0 aromatic carbocycles. The lowest BCUT2D eigenvalue weighted by Crippen LogP contribution is -2.60. The lowest BCUT2D eigenvalue weighted by Gasteiger charge is -2.40. The van der Waals surface area contributed by atoms with Gasteiger partial charge in [0.05, 0.1) is 25.4 Å². The topological polar surface area (TPSA) is 149 Å². The van der Waals surface area contributed by atoms with Crippen LogP contribution in [0.5, 0.6) is 0 Å². The van der Waals surface area contributed by atoms with Crippen LogP contribution in [0.3, 0.4) is 0 Å². The Kier molecular flexibility index (Phi) is 46.6. The van der Waals surface area contributed by atoms with Gasteiger partial charge in [-0.15, -0.1) is 0 Å². The van der Waals surface area contributed by atoms with E-state index in [4.69, 9.17) is 9.47 Å². The molecule has 0 spiro atoms. The largest absolute Gasteiger partial charge is 0.394 e.